The van der Waals surface area contributed by atoms with Crippen LogP contribution in [-0.4, -0.2) is 21.4 Å². The second-order valence-electron chi connectivity index (χ2n) is 8.87. The lowest BCUT2D eigenvalue weighted by molar-refractivity contribution is -0.128. The summed E-state index contributed by atoms with van der Waals surface area (Å²) in [5, 5.41) is 11.0. The number of carbonyl (C=O) groups excluding carboxylic acids is 1. The normalized spacial score (nSPS) is 55.5. The first-order chi connectivity index (χ1) is 10.8. The highest BCUT2D eigenvalue weighted by Gasteiger charge is 2.64. The topological polar surface area (TPSA) is 37.3 Å². The van der Waals surface area contributed by atoms with Crippen molar-refractivity contribution in [1.82, 2.24) is 0 Å². The van der Waals surface area contributed by atoms with Crippen molar-refractivity contribution < 1.29 is 9.90 Å². The van der Waals surface area contributed by atoms with Gasteiger partial charge in [-0.3, -0.25) is 4.79 Å². The Balaban J connectivity index is 1.64. The summed E-state index contributed by atoms with van der Waals surface area (Å²) in [6.45, 7) is 2.22. The Morgan fingerprint density at radius 2 is 1.83 bits per heavy atom. The predicted octanol–water partition coefficient (Wildman–Crippen LogP) is 3.93. The molecule has 1 N–H and O–H groups in total. The predicted molar refractivity (Wildman–Crippen MR) is 91.0 cm³/mol. The van der Waals surface area contributed by atoms with Crippen LogP contribution in [0, 0.1) is 41.4 Å². The van der Waals surface area contributed by atoms with E-state index in [1.807, 2.05) is 0 Å². The summed E-state index contributed by atoms with van der Waals surface area (Å²) in [5.41, 5.74) is -1.07. The molecule has 0 aromatic carbocycles. The van der Waals surface area contributed by atoms with Crippen molar-refractivity contribution in [3.8, 4) is 12.3 Å². The van der Waals surface area contributed by atoms with Crippen LogP contribution in [0.4, 0.5) is 0 Å². The molecule has 4 saturated carbocycles. The second-order valence-corrected chi connectivity index (χ2v) is 9.62. The number of Topliss-reactive ketones (excluding diaryl/α,β-unsaturated/α-hetero) is 1. The van der Waals surface area contributed by atoms with E-state index in [0.29, 0.717) is 42.3 Å². The molecule has 2 nitrogen and oxygen atoms in total. The Kier molecular flexibility index (Phi) is 3.47. The molecule has 7 atom stereocenters. The van der Waals surface area contributed by atoms with Crippen molar-refractivity contribution in [1.29, 1.82) is 0 Å². The summed E-state index contributed by atoms with van der Waals surface area (Å²) >= 11 is 6.95. The molecule has 0 bridgehead atoms. The third-order valence-electron chi connectivity index (χ3n) is 8.18. The van der Waals surface area contributed by atoms with Crippen LogP contribution in [0.3, 0.4) is 0 Å². The number of halogens is 1. The van der Waals surface area contributed by atoms with E-state index in [9.17, 15) is 9.90 Å². The molecule has 23 heavy (non-hydrogen) atoms. The van der Waals surface area contributed by atoms with Gasteiger partial charge in [0, 0.05) is 18.3 Å². The molecule has 4 aliphatic carbocycles. The first-order valence-electron chi connectivity index (χ1n) is 9.24. The number of hydrogen-bond acceptors (Lipinski definition) is 2. The van der Waals surface area contributed by atoms with Gasteiger partial charge in [-0.1, -0.05) is 12.8 Å². The molecular formula is C20H27ClO2. The zero-order valence-electron chi connectivity index (χ0n) is 14.0. The van der Waals surface area contributed by atoms with Crippen LogP contribution in [-0.2, 0) is 4.79 Å². The number of aliphatic hydroxyl groups is 1. The summed E-state index contributed by atoms with van der Waals surface area (Å²) < 4.78 is 0. The van der Waals surface area contributed by atoms with Crippen molar-refractivity contribution in [3.63, 3.8) is 0 Å². The third-order valence-corrected chi connectivity index (χ3v) is 8.79. The number of carbonyl (C=O) groups is 1. The van der Waals surface area contributed by atoms with Gasteiger partial charge in [-0.15, -0.1) is 18.0 Å². The van der Waals surface area contributed by atoms with Gasteiger partial charge in [-0.2, -0.15) is 0 Å². The molecule has 3 heteroatoms. The lowest BCUT2D eigenvalue weighted by atomic mass is 9.49. The molecule has 0 amide bonds. The van der Waals surface area contributed by atoms with Gasteiger partial charge in [-0.25, -0.2) is 0 Å². The van der Waals surface area contributed by atoms with E-state index in [2.05, 4.69) is 12.8 Å². The highest BCUT2D eigenvalue weighted by Crippen LogP contribution is 2.66. The quantitative estimate of drug-likeness (QED) is 0.538. The molecule has 0 aromatic rings. The summed E-state index contributed by atoms with van der Waals surface area (Å²) in [7, 11) is 0. The average Bonchev–Trinajstić information content (AvgIpc) is 2.78. The molecule has 4 rings (SSSR count). The van der Waals surface area contributed by atoms with Crippen molar-refractivity contribution in [2.45, 2.75) is 75.2 Å². The van der Waals surface area contributed by atoms with Crippen molar-refractivity contribution >= 4 is 17.4 Å². The van der Waals surface area contributed by atoms with Gasteiger partial charge in [0.2, 0.25) is 0 Å². The third kappa shape index (κ3) is 2.02. The Labute approximate surface area is 144 Å². The first kappa shape index (κ1) is 16.0. The van der Waals surface area contributed by atoms with Crippen molar-refractivity contribution in [2.24, 2.45) is 29.1 Å². The number of rotatable bonds is 0. The first-order valence-corrected chi connectivity index (χ1v) is 9.62. The van der Waals surface area contributed by atoms with E-state index in [1.165, 1.54) is 0 Å². The Morgan fingerprint density at radius 3 is 2.57 bits per heavy atom. The smallest absolute Gasteiger partial charge is 0.134 e. The monoisotopic (exact) mass is 334 g/mol. The van der Waals surface area contributed by atoms with Gasteiger partial charge in [0.25, 0.3) is 0 Å². The number of terminal acetylenes is 1. The van der Waals surface area contributed by atoms with Gasteiger partial charge in [0.1, 0.15) is 11.4 Å². The number of fused-ring (bicyclic) bond motifs is 5. The van der Waals surface area contributed by atoms with E-state index in [1.54, 1.807) is 0 Å². The summed E-state index contributed by atoms with van der Waals surface area (Å²) in [5.74, 6) is 5.31. The number of alkyl halides is 1. The largest absolute Gasteiger partial charge is 0.377 e. The van der Waals surface area contributed by atoms with E-state index in [-0.39, 0.29) is 10.3 Å². The van der Waals surface area contributed by atoms with Gasteiger partial charge < -0.3 is 5.11 Å². The minimum atomic E-state index is -0.930. The Hall–Kier alpha value is -0.520. The van der Waals surface area contributed by atoms with Crippen LogP contribution in [0.25, 0.3) is 0 Å². The van der Waals surface area contributed by atoms with Crippen molar-refractivity contribution in [3.05, 3.63) is 0 Å². The standard InChI is InChI=1S/C20H27ClO2/c1-3-20(23)11-8-16-14-7-10-19(21)12-13(22)4-5-17(19)15(14)6-9-18(16,20)2/h1,14-17,23H,4-12H2,2H3/t14-,15+,16-,17-,18+,19+,20+/m1/s1. The molecule has 0 aromatic heterocycles. The fourth-order valence-corrected chi connectivity index (χ4v) is 7.41. The van der Waals surface area contributed by atoms with Crippen LogP contribution in [0.15, 0.2) is 0 Å². The zero-order chi connectivity index (χ0) is 16.5. The van der Waals surface area contributed by atoms with Crippen molar-refractivity contribution in [2.75, 3.05) is 0 Å². The lowest BCUT2D eigenvalue weighted by Gasteiger charge is -2.58. The second kappa shape index (κ2) is 4.99. The molecule has 0 saturated heterocycles. The average molecular weight is 335 g/mol. The van der Waals surface area contributed by atoms with Crippen LogP contribution in [0.1, 0.15) is 64.7 Å². The van der Waals surface area contributed by atoms with Gasteiger partial charge in [0.05, 0.1) is 4.87 Å². The SMILES string of the molecule is C#C[C@]1(O)CC[C@@H]2[C@@H]3CC[C@]4(Cl)CC(=O)CC[C@@H]4[C@H]3CC[C@@]21C. The molecule has 0 spiro atoms. The Bertz CT molecular complexity index is 581. The maximum absolute atomic E-state index is 11.9. The fraction of sp³-hybridized carbons (Fsp3) is 0.850. The lowest BCUT2D eigenvalue weighted by Crippen LogP contribution is -2.56. The van der Waals surface area contributed by atoms with Crippen LogP contribution in [0.2, 0.25) is 0 Å². The summed E-state index contributed by atoms with van der Waals surface area (Å²) in [4.78, 5) is 11.6. The van der Waals surface area contributed by atoms with E-state index in [0.717, 1.165) is 44.9 Å². The minimum absolute atomic E-state index is 0.139. The van der Waals surface area contributed by atoms with Crippen LogP contribution >= 0.6 is 11.6 Å². The molecule has 126 valence electrons. The summed E-state index contributed by atoms with van der Waals surface area (Å²) in [6, 6.07) is 0. The van der Waals surface area contributed by atoms with Gasteiger partial charge in [0.15, 0.2) is 0 Å². The van der Waals surface area contributed by atoms with Gasteiger partial charge in [-0.05, 0) is 68.6 Å². The molecule has 0 heterocycles. The van der Waals surface area contributed by atoms with E-state index in [4.69, 9.17) is 18.0 Å². The number of hydrogen-bond donors (Lipinski definition) is 1. The van der Waals surface area contributed by atoms with E-state index >= 15 is 0 Å². The highest BCUT2D eigenvalue weighted by atomic mass is 35.5. The molecule has 0 unspecified atom stereocenters. The van der Waals surface area contributed by atoms with Gasteiger partial charge >= 0.3 is 0 Å². The maximum atomic E-state index is 11.9. The number of ketones is 1. The van der Waals surface area contributed by atoms with Crippen LogP contribution in [0.5, 0.6) is 0 Å². The molecular weight excluding hydrogens is 308 g/mol. The molecule has 0 aliphatic heterocycles. The summed E-state index contributed by atoms with van der Waals surface area (Å²) in [6.07, 6.45) is 13.9. The minimum Gasteiger partial charge on any atom is -0.377 e. The molecule has 0 radical (unpaired) electrons. The highest BCUT2D eigenvalue weighted by molar-refractivity contribution is 6.25. The van der Waals surface area contributed by atoms with Crippen LogP contribution < -0.4 is 0 Å². The zero-order valence-corrected chi connectivity index (χ0v) is 14.7. The van der Waals surface area contributed by atoms with E-state index < -0.39 is 5.60 Å². The fourth-order valence-electron chi connectivity index (χ4n) is 6.89. The Morgan fingerprint density at radius 1 is 1.13 bits per heavy atom. The maximum Gasteiger partial charge on any atom is 0.134 e. The molecule has 4 fully saturated rings. The molecule has 4 aliphatic rings.